The number of halogens is 2. The fourth-order valence-electron chi connectivity index (χ4n) is 2.28. The molecular formula is C14H11Br2NO2. The summed E-state index contributed by atoms with van der Waals surface area (Å²) in [6.45, 7) is 0. The van der Waals surface area contributed by atoms with Gasteiger partial charge < -0.3 is 9.32 Å². The molecule has 1 aromatic carbocycles. The Morgan fingerprint density at radius 3 is 2.79 bits per heavy atom. The fourth-order valence-corrected chi connectivity index (χ4v) is 3.13. The number of hydrogen-bond acceptors (Lipinski definition) is 2. The van der Waals surface area contributed by atoms with Crippen LogP contribution in [0.2, 0.25) is 0 Å². The van der Waals surface area contributed by atoms with E-state index in [0.29, 0.717) is 11.1 Å². The van der Waals surface area contributed by atoms with Crippen LogP contribution in [0, 0.1) is 0 Å². The second-order valence-electron chi connectivity index (χ2n) is 4.52. The van der Waals surface area contributed by atoms with Gasteiger partial charge in [0.1, 0.15) is 5.76 Å². The van der Waals surface area contributed by atoms with Crippen molar-refractivity contribution in [3.63, 3.8) is 0 Å². The number of carbonyl (C=O) groups excluding carboxylic acids is 1. The molecule has 2 heterocycles. The number of alkyl halides is 1. The molecule has 2 aromatic rings. The summed E-state index contributed by atoms with van der Waals surface area (Å²) in [5.41, 5.74) is 3.15. The van der Waals surface area contributed by atoms with Crippen molar-refractivity contribution in [2.24, 2.45) is 0 Å². The van der Waals surface area contributed by atoms with Gasteiger partial charge in [0.15, 0.2) is 4.67 Å². The maximum Gasteiger partial charge on any atom is 0.231 e. The van der Waals surface area contributed by atoms with E-state index in [0.717, 1.165) is 22.6 Å². The molecule has 0 saturated heterocycles. The number of furan rings is 1. The number of nitrogens with zero attached hydrogens (tertiary/aromatic N) is 1. The van der Waals surface area contributed by atoms with E-state index in [1.807, 2.05) is 31.3 Å². The van der Waals surface area contributed by atoms with Gasteiger partial charge in [-0.1, -0.05) is 28.1 Å². The predicted octanol–water partition coefficient (Wildman–Crippen LogP) is 4.05. The molecule has 0 bridgehead atoms. The summed E-state index contributed by atoms with van der Waals surface area (Å²) >= 11 is 6.93. The Bertz CT molecular complexity index is 651. The minimum Gasteiger partial charge on any atom is -0.453 e. The Morgan fingerprint density at radius 1 is 1.32 bits per heavy atom. The van der Waals surface area contributed by atoms with E-state index in [1.165, 1.54) is 0 Å². The first-order valence-corrected chi connectivity index (χ1v) is 7.56. The van der Waals surface area contributed by atoms with Crippen molar-refractivity contribution in [2.75, 3.05) is 11.9 Å². The third-order valence-corrected chi connectivity index (χ3v) is 4.72. The van der Waals surface area contributed by atoms with E-state index in [1.54, 1.807) is 4.90 Å². The fraction of sp³-hybridized carbons (Fsp3) is 0.214. The van der Waals surface area contributed by atoms with Crippen LogP contribution in [-0.2, 0) is 11.2 Å². The molecule has 1 unspecified atom stereocenters. The molecule has 1 amide bonds. The van der Waals surface area contributed by atoms with E-state index in [4.69, 9.17) is 4.42 Å². The lowest BCUT2D eigenvalue weighted by Gasteiger charge is -2.12. The van der Waals surface area contributed by atoms with Crippen LogP contribution in [0.3, 0.4) is 0 Å². The van der Waals surface area contributed by atoms with Crippen LogP contribution in [0.5, 0.6) is 0 Å². The molecule has 19 heavy (non-hydrogen) atoms. The summed E-state index contributed by atoms with van der Waals surface area (Å²) in [5, 5.41) is 0. The second-order valence-corrected chi connectivity index (χ2v) is 6.22. The lowest BCUT2D eigenvalue weighted by molar-refractivity contribution is -0.117. The van der Waals surface area contributed by atoms with Crippen LogP contribution in [0.25, 0.3) is 0 Å². The van der Waals surface area contributed by atoms with Gasteiger partial charge in [0, 0.05) is 12.7 Å². The summed E-state index contributed by atoms with van der Waals surface area (Å²) in [6, 6.07) is 9.86. The van der Waals surface area contributed by atoms with Gasteiger partial charge in [0.05, 0.1) is 11.2 Å². The Balaban J connectivity index is 1.95. The first-order chi connectivity index (χ1) is 9.06. The number of fused-ring (bicyclic) bond motifs is 1. The van der Waals surface area contributed by atoms with Gasteiger partial charge in [-0.05, 0) is 45.3 Å². The third kappa shape index (κ3) is 2.25. The van der Waals surface area contributed by atoms with Gasteiger partial charge in [0.2, 0.25) is 5.91 Å². The molecule has 0 radical (unpaired) electrons. The highest BCUT2D eigenvalue weighted by Crippen LogP contribution is 2.37. The standard InChI is InChI=1S/C14H11Br2NO2/c1-17-10-3-2-8(6-9(10)7-13(17)18)14(16)11-4-5-12(15)19-11/h2-6,14H,7H2,1H3. The molecule has 0 spiro atoms. The smallest absolute Gasteiger partial charge is 0.231 e. The minimum atomic E-state index is -0.00916. The van der Waals surface area contributed by atoms with Crippen LogP contribution in [-0.4, -0.2) is 13.0 Å². The average molecular weight is 385 g/mol. The Hall–Kier alpha value is -1.07. The maximum atomic E-state index is 11.7. The Morgan fingerprint density at radius 2 is 2.11 bits per heavy atom. The summed E-state index contributed by atoms with van der Waals surface area (Å²) in [7, 11) is 1.81. The highest BCUT2D eigenvalue weighted by Gasteiger charge is 2.25. The number of anilines is 1. The molecule has 98 valence electrons. The Labute approximate surface area is 127 Å². The minimum absolute atomic E-state index is 0.00916. The van der Waals surface area contributed by atoms with Crippen LogP contribution in [0.15, 0.2) is 39.4 Å². The van der Waals surface area contributed by atoms with Gasteiger partial charge >= 0.3 is 0 Å². The van der Waals surface area contributed by atoms with Gasteiger partial charge in [-0.3, -0.25) is 4.79 Å². The molecule has 1 aliphatic rings. The van der Waals surface area contributed by atoms with E-state index in [-0.39, 0.29) is 10.7 Å². The van der Waals surface area contributed by atoms with E-state index < -0.39 is 0 Å². The van der Waals surface area contributed by atoms with Crippen LogP contribution in [0.1, 0.15) is 21.7 Å². The number of benzene rings is 1. The topological polar surface area (TPSA) is 33.5 Å². The number of hydrogen-bond donors (Lipinski definition) is 0. The van der Waals surface area contributed by atoms with E-state index >= 15 is 0 Å². The lowest BCUT2D eigenvalue weighted by atomic mass is 10.0. The van der Waals surface area contributed by atoms with Crippen molar-refractivity contribution in [3.8, 4) is 0 Å². The summed E-state index contributed by atoms with van der Waals surface area (Å²) in [6.07, 6.45) is 0.473. The molecular weight excluding hydrogens is 374 g/mol. The highest BCUT2D eigenvalue weighted by molar-refractivity contribution is 9.10. The third-order valence-electron chi connectivity index (χ3n) is 3.32. The number of amides is 1. The summed E-state index contributed by atoms with van der Waals surface area (Å²) in [4.78, 5) is 13.4. The van der Waals surface area contributed by atoms with Crippen molar-refractivity contribution >= 4 is 43.5 Å². The van der Waals surface area contributed by atoms with Crippen molar-refractivity contribution in [1.29, 1.82) is 0 Å². The maximum absolute atomic E-state index is 11.7. The quantitative estimate of drug-likeness (QED) is 0.732. The van der Waals surface area contributed by atoms with Crippen LogP contribution in [0.4, 0.5) is 5.69 Å². The zero-order valence-electron chi connectivity index (χ0n) is 10.2. The van der Waals surface area contributed by atoms with Crippen molar-refractivity contribution in [1.82, 2.24) is 0 Å². The summed E-state index contributed by atoms with van der Waals surface area (Å²) < 4.78 is 6.26. The number of likely N-dealkylation sites (N-methyl/N-ethyl adjacent to an activating group) is 1. The molecule has 0 fully saturated rings. The highest BCUT2D eigenvalue weighted by atomic mass is 79.9. The molecule has 0 saturated carbocycles. The molecule has 3 rings (SSSR count). The van der Waals surface area contributed by atoms with Gasteiger partial charge in [-0.25, -0.2) is 0 Å². The molecule has 0 N–H and O–H groups in total. The normalized spacial score (nSPS) is 15.7. The van der Waals surface area contributed by atoms with Crippen LogP contribution < -0.4 is 4.90 Å². The zero-order valence-corrected chi connectivity index (χ0v) is 13.4. The van der Waals surface area contributed by atoms with Crippen molar-refractivity contribution in [2.45, 2.75) is 11.2 Å². The molecule has 1 aromatic heterocycles. The van der Waals surface area contributed by atoms with Gasteiger partial charge in [-0.2, -0.15) is 0 Å². The van der Waals surface area contributed by atoms with Crippen molar-refractivity contribution < 1.29 is 9.21 Å². The van der Waals surface area contributed by atoms with E-state index in [2.05, 4.69) is 37.9 Å². The average Bonchev–Trinajstić information content (AvgIpc) is 2.94. The number of rotatable bonds is 2. The molecule has 0 aliphatic carbocycles. The summed E-state index contributed by atoms with van der Waals surface area (Å²) in [5.74, 6) is 0.975. The van der Waals surface area contributed by atoms with Gasteiger partial charge in [0.25, 0.3) is 0 Å². The molecule has 5 heteroatoms. The van der Waals surface area contributed by atoms with Crippen molar-refractivity contribution in [3.05, 3.63) is 51.9 Å². The van der Waals surface area contributed by atoms with Crippen LogP contribution >= 0.6 is 31.9 Å². The first kappa shape index (κ1) is 12.9. The van der Waals surface area contributed by atoms with Gasteiger partial charge in [-0.15, -0.1) is 0 Å². The lowest BCUT2D eigenvalue weighted by Crippen LogP contribution is -2.20. The van der Waals surface area contributed by atoms with E-state index in [9.17, 15) is 4.79 Å². The molecule has 1 atom stereocenters. The molecule has 1 aliphatic heterocycles. The first-order valence-electron chi connectivity index (χ1n) is 5.85. The predicted molar refractivity (Wildman–Crippen MR) is 80.7 cm³/mol. The molecule has 3 nitrogen and oxygen atoms in total. The zero-order chi connectivity index (χ0) is 13.6. The largest absolute Gasteiger partial charge is 0.453 e. The SMILES string of the molecule is CN1C(=O)Cc2cc(C(Br)c3ccc(Br)o3)ccc21. The monoisotopic (exact) mass is 383 g/mol. The Kier molecular flexibility index (Phi) is 3.27. The number of carbonyl (C=O) groups is 1. The second kappa shape index (κ2) is 4.80.